The summed E-state index contributed by atoms with van der Waals surface area (Å²) in [5.41, 5.74) is 2.88. The first-order valence-corrected chi connectivity index (χ1v) is 13.0. The number of benzene rings is 2. The number of aryl methyl sites for hydroxylation is 2. The number of amides is 2. The second-order valence-electron chi connectivity index (χ2n) is 9.00. The van der Waals surface area contributed by atoms with Crippen molar-refractivity contribution in [1.82, 2.24) is 10.2 Å². The normalized spacial score (nSPS) is 12.4. The number of rotatable bonds is 10. The third kappa shape index (κ3) is 7.55. The van der Waals surface area contributed by atoms with E-state index in [9.17, 15) is 22.4 Å². The predicted molar refractivity (Wildman–Crippen MR) is 132 cm³/mol. The Balaban J connectivity index is 2.37. The van der Waals surface area contributed by atoms with E-state index in [0.29, 0.717) is 17.8 Å². The van der Waals surface area contributed by atoms with Crippen molar-refractivity contribution in [3.8, 4) is 0 Å². The smallest absolute Gasteiger partial charge is 0.244 e. The van der Waals surface area contributed by atoms with E-state index in [1.807, 2.05) is 27.7 Å². The molecule has 0 radical (unpaired) electrons. The molecule has 0 saturated heterocycles. The highest BCUT2D eigenvalue weighted by Gasteiger charge is 2.30. The highest BCUT2D eigenvalue weighted by molar-refractivity contribution is 7.92. The molecule has 2 rings (SSSR count). The first kappa shape index (κ1) is 27.3. The largest absolute Gasteiger partial charge is 0.354 e. The van der Waals surface area contributed by atoms with Gasteiger partial charge in [-0.3, -0.25) is 13.9 Å². The van der Waals surface area contributed by atoms with Crippen molar-refractivity contribution in [2.75, 3.05) is 23.7 Å². The Kier molecular flexibility index (Phi) is 9.21. The molecule has 0 bridgehead atoms. The van der Waals surface area contributed by atoms with E-state index in [2.05, 4.69) is 5.32 Å². The number of nitrogens with one attached hydrogen (secondary N) is 1. The molecular weight excluding hydrogens is 457 g/mol. The van der Waals surface area contributed by atoms with Gasteiger partial charge in [0.15, 0.2) is 0 Å². The Bertz CT molecular complexity index is 1120. The predicted octanol–water partition coefficient (Wildman–Crippen LogP) is 3.40. The summed E-state index contributed by atoms with van der Waals surface area (Å²) in [7, 11) is -3.79. The van der Waals surface area contributed by atoms with Gasteiger partial charge in [0.1, 0.15) is 18.4 Å². The number of halogens is 1. The Morgan fingerprint density at radius 2 is 1.62 bits per heavy atom. The Morgan fingerprint density at radius 3 is 2.15 bits per heavy atom. The molecule has 0 unspecified atom stereocenters. The molecule has 0 spiro atoms. The standard InChI is InChI=1S/C25H34FN3O4S/c1-17(2)14-27-25(31)20(5)28(15-21-8-10-22(26)11-9-21)24(30)16-29(34(6,32)33)23-12-7-18(3)19(4)13-23/h7-13,17,20H,14-16H2,1-6H3,(H,27,31)/t20-/m1/s1. The van der Waals surface area contributed by atoms with Crippen molar-refractivity contribution in [3.05, 3.63) is 65.0 Å². The van der Waals surface area contributed by atoms with Gasteiger partial charge < -0.3 is 10.2 Å². The number of hydrogen-bond donors (Lipinski definition) is 1. The van der Waals surface area contributed by atoms with E-state index in [-0.39, 0.29) is 18.4 Å². The zero-order valence-corrected chi connectivity index (χ0v) is 21.4. The average molecular weight is 492 g/mol. The van der Waals surface area contributed by atoms with E-state index < -0.39 is 34.3 Å². The number of carbonyl (C=O) groups is 2. The fourth-order valence-corrected chi connectivity index (χ4v) is 4.16. The quantitative estimate of drug-likeness (QED) is 0.552. The van der Waals surface area contributed by atoms with Crippen molar-refractivity contribution in [3.63, 3.8) is 0 Å². The molecule has 0 saturated carbocycles. The second-order valence-corrected chi connectivity index (χ2v) is 10.9. The first-order chi connectivity index (χ1) is 15.8. The third-order valence-corrected chi connectivity index (χ3v) is 6.72. The lowest BCUT2D eigenvalue weighted by molar-refractivity contribution is -0.139. The Hall–Kier alpha value is -2.94. The molecule has 186 valence electrons. The molecule has 9 heteroatoms. The maximum atomic E-state index is 13.4. The minimum absolute atomic E-state index is 0.0277. The van der Waals surface area contributed by atoms with Gasteiger partial charge in [0.25, 0.3) is 0 Å². The summed E-state index contributed by atoms with van der Waals surface area (Å²) < 4.78 is 39.6. The fourth-order valence-electron chi connectivity index (χ4n) is 3.32. The van der Waals surface area contributed by atoms with Gasteiger partial charge in [-0.1, -0.05) is 32.0 Å². The molecule has 0 aliphatic heterocycles. The molecule has 0 aliphatic carbocycles. The van der Waals surface area contributed by atoms with Crippen molar-refractivity contribution in [1.29, 1.82) is 0 Å². The summed E-state index contributed by atoms with van der Waals surface area (Å²) in [5, 5.41) is 2.82. The van der Waals surface area contributed by atoms with Crippen molar-refractivity contribution in [2.24, 2.45) is 5.92 Å². The molecule has 1 atom stereocenters. The monoisotopic (exact) mass is 491 g/mol. The lowest BCUT2D eigenvalue weighted by atomic mass is 10.1. The Labute approximate surface area is 202 Å². The van der Waals surface area contributed by atoms with Crippen LogP contribution < -0.4 is 9.62 Å². The van der Waals surface area contributed by atoms with Gasteiger partial charge in [-0.15, -0.1) is 0 Å². The molecule has 2 amide bonds. The van der Waals surface area contributed by atoms with E-state index >= 15 is 0 Å². The van der Waals surface area contributed by atoms with Gasteiger partial charge in [0, 0.05) is 13.1 Å². The van der Waals surface area contributed by atoms with E-state index in [0.717, 1.165) is 21.7 Å². The van der Waals surface area contributed by atoms with Gasteiger partial charge >= 0.3 is 0 Å². The van der Waals surface area contributed by atoms with E-state index in [1.165, 1.54) is 29.2 Å². The van der Waals surface area contributed by atoms with Crippen LogP contribution in [0.5, 0.6) is 0 Å². The summed E-state index contributed by atoms with van der Waals surface area (Å²) in [6.07, 6.45) is 1.04. The molecule has 34 heavy (non-hydrogen) atoms. The zero-order chi connectivity index (χ0) is 25.6. The highest BCUT2D eigenvalue weighted by atomic mass is 32.2. The highest BCUT2D eigenvalue weighted by Crippen LogP contribution is 2.22. The van der Waals surface area contributed by atoms with Crippen LogP contribution in [0.2, 0.25) is 0 Å². The summed E-state index contributed by atoms with van der Waals surface area (Å²) in [4.78, 5) is 27.5. The maximum Gasteiger partial charge on any atom is 0.244 e. The molecule has 7 nitrogen and oxygen atoms in total. The first-order valence-electron chi connectivity index (χ1n) is 11.2. The number of anilines is 1. The number of sulfonamides is 1. The fraction of sp³-hybridized carbons (Fsp3) is 0.440. The van der Waals surface area contributed by atoms with Gasteiger partial charge in [0.2, 0.25) is 21.8 Å². The third-order valence-electron chi connectivity index (χ3n) is 5.58. The van der Waals surface area contributed by atoms with E-state index in [1.54, 1.807) is 25.1 Å². The molecule has 0 fully saturated rings. The van der Waals surface area contributed by atoms with Crippen LogP contribution in [0, 0.1) is 25.6 Å². The van der Waals surface area contributed by atoms with Crippen LogP contribution in [-0.4, -0.2) is 50.5 Å². The van der Waals surface area contributed by atoms with Crippen LogP contribution in [-0.2, 0) is 26.2 Å². The van der Waals surface area contributed by atoms with Crippen molar-refractivity contribution < 1.29 is 22.4 Å². The summed E-state index contributed by atoms with van der Waals surface area (Å²) >= 11 is 0. The lowest BCUT2D eigenvalue weighted by Gasteiger charge is -2.31. The minimum Gasteiger partial charge on any atom is -0.354 e. The van der Waals surface area contributed by atoms with Crippen LogP contribution in [0.3, 0.4) is 0 Å². The SMILES string of the molecule is Cc1ccc(N(CC(=O)N(Cc2ccc(F)cc2)[C@H](C)C(=O)NCC(C)C)S(C)(=O)=O)cc1C. The zero-order valence-electron chi connectivity index (χ0n) is 20.6. The van der Waals surface area contributed by atoms with Crippen LogP contribution in [0.1, 0.15) is 37.5 Å². The number of carbonyl (C=O) groups excluding carboxylic acids is 2. The second kappa shape index (κ2) is 11.5. The lowest BCUT2D eigenvalue weighted by Crippen LogP contribution is -2.51. The minimum atomic E-state index is -3.79. The molecule has 2 aromatic rings. The van der Waals surface area contributed by atoms with Crippen molar-refractivity contribution in [2.45, 2.75) is 47.2 Å². The van der Waals surface area contributed by atoms with Gasteiger partial charge in [-0.05, 0) is 67.6 Å². The maximum absolute atomic E-state index is 13.4. The summed E-state index contributed by atoms with van der Waals surface area (Å²) in [6, 6.07) is 9.92. The van der Waals surface area contributed by atoms with Crippen molar-refractivity contribution >= 4 is 27.5 Å². The number of nitrogens with zero attached hydrogens (tertiary/aromatic N) is 2. The molecule has 0 heterocycles. The molecule has 1 N–H and O–H groups in total. The molecule has 2 aromatic carbocycles. The summed E-state index contributed by atoms with van der Waals surface area (Å²) in [5.74, 6) is -1.08. The van der Waals surface area contributed by atoms with Crippen LogP contribution in [0.25, 0.3) is 0 Å². The van der Waals surface area contributed by atoms with Gasteiger partial charge in [-0.2, -0.15) is 0 Å². The van der Waals surface area contributed by atoms with E-state index in [4.69, 9.17) is 0 Å². The van der Waals surface area contributed by atoms with Crippen LogP contribution in [0.4, 0.5) is 10.1 Å². The van der Waals surface area contributed by atoms with Gasteiger partial charge in [-0.25, -0.2) is 12.8 Å². The summed E-state index contributed by atoms with van der Waals surface area (Å²) in [6.45, 7) is 9.29. The average Bonchev–Trinajstić information content (AvgIpc) is 2.76. The topological polar surface area (TPSA) is 86.8 Å². The molecular formula is C25H34FN3O4S. The molecule has 0 aromatic heterocycles. The number of hydrogen-bond acceptors (Lipinski definition) is 4. The molecule has 0 aliphatic rings. The van der Waals surface area contributed by atoms with Crippen LogP contribution >= 0.6 is 0 Å². The van der Waals surface area contributed by atoms with Gasteiger partial charge in [0.05, 0.1) is 11.9 Å². The Morgan fingerprint density at radius 1 is 1.00 bits per heavy atom. The van der Waals surface area contributed by atoms with Crippen LogP contribution in [0.15, 0.2) is 42.5 Å².